The molecule has 1 aromatic carbocycles. The van der Waals surface area contributed by atoms with Crippen molar-refractivity contribution < 1.29 is 23.0 Å². The lowest BCUT2D eigenvalue weighted by Gasteiger charge is -2.29. The largest absolute Gasteiger partial charge is 0.473 e. The lowest BCUT2D eigenvalue weighted by molar-refractivity contribution is -0.137. The highest BCUT2D eigenvalue weighted by atomic mass is 19.4. The molecule has 1 aliphatic rings. The lowest BCUT2D eigenvalue weighted by Crippen LogP contribution is -2.34. The number of nitrogens with zero attached hydrogens (tertiary/aromatic N) is 2. The Kier molecular flexibility index (Phi) is 4.87. The number of aliphatic imine (C=N–C) groups is 1. The molecule has 0 aliphatic carbocycles. The summed E-state index contributed by atoms with van der Waals surface area (Å²) in [6.07, 6.45) is 2.55. The maximum absolute atomic E-state index is 12.8. The Balaban J connectivity index is 1.49. The van der Waals surface area contributed by atoms with Crippen molar-refractivity contribution in [1.82, 2.24) is 9.97 Å². The van der Waals surface area contributed by atoms with Crippen LogP contribution in [0, 0.1) is 0 Å². The third-order valence-electron chi connectivity index (χ3n) is 4.97. The minimum atomic E-state index is -4.40. The molecule has 0 amide bonds. The van der Waals surface area contributed by atoms with Crippen LogP contribution in [0.25, 0.3) is 11.0 Å². The van der Waals surface area contributed by atoms with E-state index in [1.807, 2.05) is 24.4 Å². The van der Waals surface area contributed by atoms with E-state index < -0.39 is 17.2 Å². The van der Waals surface area contributed by atoms with E-state index in [1.165, 1.54) is 6.07 Å². The number of H-pyrrole nitrogens is 1. The van der Waals surface area contributed by atoms with E-state index in [4.69, 9.17) is 4.74 Å². The van der Waals surface area contributed by atoms with Gasteiger partial charge in [0.2, 0.25) is 5.90 Å². The van der Waals surface area contributed by atoms with Crippen LogP contribution in [0.2, 0.25) is 0 Å². The van der Waals surface area contributed by atoms with Gasteiger partial charge in [0.05, 0.1) is 24.1 Å². The summed E-state index contributed by atoms with van der Waals surface area (Å²) in [6.45, 7) is 0.0613. The van der Waals surface area contributed by atoms with E-state index >= 15 is 0 Å². The van der Waals surface area contributed by atoms with Gasteiger partial charge in [0, 0.05) is 17.8 Å². The standard InChI is InChI=1S/C21H18F3N3O2/c22-21(23,24)15-4-1-3-14(9-15)11-29-18-6-7-20(13-28,12-27-18)17-10-26-19-16(17)5-2-8-25-19/h1-10,28H,11-13H2,(H,25,26). The Hall–Kier alpha value is -3.13. The number of aliphatic hydroxyl groups excluding tert-OH is 1. The summed E-state index contributed by atoms with van der Waals surface area (Å²) in [7, 11) is 0. The Morgan fingerprint density at radius 2 is 2.07 bits per heavy atom. The van der Waals surface area contributed by atoms with E-state index in [1.54, 1.807) is 18.3 Å². The van der Waals surface area contributed by atoms with Crippen molar-refractivity contribution in [3.63, 3.8) is 0 Å². The van der Waals surface area contributed by atoms with Gasteiger partial charge in [-0.15, -0.1) is 0 Å². The number of aromatic amines is 1. The number of hydrogen-bond donors (Lipinski definition) is 2. The Labute approximate surface area is 164 Å². The number of nitrogens with one attached hydrogen (secondary N) is 1. The number of aromatic nitrogens is 2. The highest BCUT2D eigenvalue weighted by molar-refractivity contribution is 5.90. The molecule has 1 aliphatic heterocycles. The number of halogens is 3. The first-order valence-corrected chi connectivity index (χ1v) is 8.97. The molecule has 150 valence electrons. The molecule has 4 rings (SSSR count). The van der Waals surface area contributed by atoms with Crippen molar-refractivity contribution in [2.24, 2.45) is 4.99 Å². The van der Waals surface area contributed by atoms with Crippen LogP contribution < -0.4 is 0 Å². The van der Waals surface area contributed by atoms with E-state index in [0.29, 0.717) is 11.5 Å². The zero-order chi connectivity index (χ0) is 20.5. The van der Waals surface area contributed by atoms with E-state index in [9.17, 15) is 18.3 Å². The average Bonchev–Trinajstić information content (AvgIpc) is 3.17. The first-order valence-electron chi connectivity index (χ1n) is 8.97. The first-order chi connectivity index (χ1) is 13.9. The van der Waals surface area contributed by atoms with Crippen molar-refractivity contribution in [2.75, 3.05) is 13.2 Å². The normalized spacial score (nSPS) is 19.4. The average molecular weight is 401 g/mol. The topological polar surface area (TPSA) is 70.5 Å². The molecule has 1 unspecified atom stereocenters. The van der Waals surface area contributed by atoms with Gasteiger partial charge in [-0.05, 0) is 41.5 Å². The third kappa shape index (κ3) is 3.75. The monoisotopic (exact) mass is 401 g/mol. The SMILES string of the molecule is OCC1(c2c[nH]c3ncccc23)C=CC(OCc2cccc(C(F)(F)F)c2)=NC1. The van der Waals surface area contributed by atoms with Gasteiger partial charge in [-0.25, -0.2) is 4.98 Å². The number of benzene rings is 1. The second kappa shape index (κ2) is 7.36. The van der Waals surface area contributed by atoms with Gasteiger partial charge in [0.15, 0.2) is 0 Å². The number of dihydropyridines is 1. The van der Waals surface area contributed by atoms with Gasteiger partial charge in [0.1, 0.15) is 12.3 Å². The fourth-order valence-corrected chi connectivity index (χ4v) is 3.37. The Morgan fingerprint density at radius 3 is 2.79 bits per heavy atom. The van der Waals surface area contributed by atoms with E-state index in [-0.39, 0.29) is 19.8 Å². The van der Waals surface area contributed by atoms with Crippen LogP contribution in [-0.2, 0) is 22.9 Å². The van der Waals surface area contributed by atoms with Gasteiger partial charge in [-0.1, -0.05) is 18.2 Å². The van der Waals surface area contributed by atoms with Crippen LogP contribution in [0.5, 0.6) is 0 Å². The van der Waals surface area contributed by atoms with Gasteiger partial charge < -0.3 is 14.8 Å². The minimum absolute atomic E-state index is 0.0315. The molecule has 2 aromatic heterocycles. The quantitative estimate of drug-likeness (QED) is 0.694. The number of fused-ring (bicyclic) bond motifs is 1. The maximum atomic E-state index is 12.8. The summed E-state index contributed by atoms with van der Waals surface area (Å²) in [6, 6.07) is 8.74. The predicted molar refractivity (Wildman–Crippen MR) is 103 cm³/mol. The summed E-state index contributed by atoms with van der Waals surface area (Å²) in [5, 5.41) is 11.0. The highest BCUT2D eigenvalue weighted by Gasteiger charge is 2.34. The first kappa shape index (κ1) is 19.2. The molecule has 2 N–H and O–H groups in total. The number of aliphatic hydroxyl groups is 1. The minimum Gasteiger partial charge on any atom is -0.473 e. The summed E-state index contributed by atoms with van der Waals surface area (Å²) in [4.78, 5) is 11.7. The van der Waals surface area contributed by atoms with Crippen molar-refractivity contribution in [2.45, 2.75) is 18.2 Å². The summed E-state index contributed by atoms with van der Waals surface area (Å²) < 4.78 is 44.1. The van der Waals surface area contributed by atoms with E-state index in [0.717, 1.165) is 28.7 Å². The van der Waals surface area contributed by atoms with Crippen LogP contribution >= 0.6 is 0 Å². The molecule has 29 heavy (non-hydrogen) atoms. The van der Waals surface area contributed by atoms with Crippen molar-refractivity contribution in [1.29, 1.82) is 0 Å². The van der Waals surface area contributed by atoms with Gasteiger partial charge in [-0.3, -0.25) is 4.99 Å². The van der Waals surface area contributed by atoms with Crippen LogP contribution in [0.3, 0.4) is 0 Å². The van der Waals surface area contributed by atoms with Crippen molar-refractivity contribution >= 4 is 16.9 Å². The Morgan fingerprint density at radius 1 is 1.21 bits per heavy atom. The lowest BCUT2D eigenvalue weighted by atomic mass is 9.80. The zero-order valence-electron chi connectivity index (χ0n) is 15.3. The number of pyridine rings is 1. The molecule has 5 nitrogen and oxygen atoms in total. The number of rotatable bonds is 4. The van der Waals surface area contributed by atoms with Crippen LogP contribution in [0.4, 0.5) is 13.2 Å². The molecule has 0 saturated heterocycles. The highest BCUT2D eigenvalue weighted by Crippen LogP contribution is 2.34. The summed E-state index contributed by atoms with van der Waals surface area (Å²) >= 11 is 0. The van der Waals surface area contributed by atoms with Crippen LogP contribution in [0.1, 0.15) is 16.7 Å². The van der Waals surface area contributed by atoms with Crippen LogP contribution in [-0.4, -0.2) is 34.1 Å². The molecule has 8 heteroatoms. The zero-order valence-corrected chi connectivity index (χ0v) is 15.3. The molecular formula is C21H18F3N3O2. The molecular weight excluding hydrogens is 383 g/mol. The smallest absolute Gasteiger partial charge is 0.416 e. The van der Waals surface area contributed by atoms with Crippen LogP contribution in [0.15, 0.2) is 65.9 Å². The second-order valence-electron chi connectivity index (χ2n) is 6.89. The Bertz CT molecular complexity index is 1090. The number of hydrogen-bond acceptors (Lipinski definition) is 4. The second-order valence-corrected chi connectivity index (χ2v) is 6.89. The molecule has 0 radical (unpaired) electrons. The fourth-order valence-electron chi connectivity index (χ4n) is 3.37. The fraction of sp³-hybridized carbons (Fsp3) is 0.238. The summed E-state index contributed by atoms with van der Waals surface area (Å²) in [5.74, 6) is 0.310. The number of alkyl halides is 3. The molecule has 3 heterocycles. The molecule has 0 fully saturated rings. The predicted octanol–water partition coefficient (Wildman–Crippen LogP) is 4.00. The molecule has 1 atom stereocenters. The molecule has 0 saturated carbocycles. The van der Waals surface area contributed by atoms with E-state index in [2.05, 4.69) is 15.0 Å². The van der Waals surface area contributed by atoms with Gasteiger partial charge in [-0.2, -0.15) is 13.2 Å². The molecule has 3 aromatic rings. The number of ether oxygens (including phenoxy) is 1. The maximum Gasteiger partial charge on any atom is 0.416 e. The third-order valence-corrected chi connectivity index (χ3v) is 4.97. The summed E-state index contributed by atoms with van der Waals surface area (Å²) in [5.41, 5.74) is 0.563. The van der Waals surface area contributed by atoms with Gasteiger partial charge in [0.25, 0.3) is 0 Å². The molecule has 0 spiro atoms. The van der Waals surface area contributed by atoms with Gasteiger partial charge >= 0.3 is 6.18 Å². The molecule has 0 bridgehead atoms. The van der Waals surface area contributed by atoms with Crippen molar-refractivity contribution in [3.8, 4) is 0 Å². The van der Waals surface area contributed by atoms with Crippen molar-refractivity contribution in [3.05, 3.63) is 77.6 Å².